The molecule has 2 unspecified atom stereocenters. The summed E-state index contributed by atoms with van der Waals surface area (Å²) in [5, 5.41) is 12.1. The summed E-state index contributed by atoms with van der Waals surface area (Å²) in [7, 11) is 0. The molecule has 5 heteroatoms. The van der Waals surface area contributed by atoms with Crippen LogP contribution in [0.1, 0.15) is 37.7 Å². The highest BCUT2D eigenvalue weighted by Gasteiger charge is 2.30. The molecule has 0 bridgehead atoms. The molecule has 0 saturated heterocycles. The lowest BCUT2D eigenvalue weighted by molar-refractivity contribution is -0.143. The molecule has 1 saturated carbocycles. The quantitative estimate of drug-likeness (QED) is 0.838. The second kappa shape index (κ2) is 7.20. The van der Waals surface area contributed by atoms with E-state index in [0.717, 1.165) is 19.3 Å². The van der Waals surface area contributed by atoms with Gasteiger partial charge >= 0.3 is 5.97 Å². The van der Waals surface area contributed by atoms with Crippen LogP contribution < -0.4 is 5.32 Å². The predicted molar refractivity (Wildman–Crippen MR) is 76.2 cm³/mol. The van der Waals surface area contributed by atoms with Crippen molar-refractivity contribution in [2.45, 2.75) is 44.6 Å². The molecule has 1 aliphatic rings. The van der Waals surface area contributed by atoms with Crippen LogP contribution in [0.3, 0.4) is 0 Å². The number of carbonyl (C=O) groups excluding carboxylic acids is 1. The van der Waals surface area contributed by atoms with E-state index in [2.05, 4.69) is 5.32 Å². The van der Waals surface area contributed by atoms with Gasteiger partial charge in [-0.05, 0) is 30.5 Å². The van der Waals surface area contributed by atoms with Crippen LogP contribution in [0.5, 0.6) is 0 Å². The van der Waals surface area contributed by atoms with Gasteiger partial charge in [-0.3, -0.25) is 9.59 Å². The van der Waals surface area contributed by atoms with Gasteiger partial charge in [-0.2, -0.15) is 0 Å². The molecule has 2 atom stereocenters. The number of amides is 1. The van der Waals surface area contributed by atoms with Gasteiger partial charge in [-0.15, -0.1) is 0 Å². The van der Waals surface area contributed by atoms with Crippen molar-refractivity contribution in [3.63, 3.8) is 0 Å². The topological polar surface area (TPSA) is 66.4 Å². The van der Waals surface area contributed by atoms with Gasteiger partial charge in [0.2, 0.25) is 5.91 Å². The van der Waals surface area contributed by atoms with Gasteiger partial charge in [0, 0.05) is 6.04 Å². The molecule has 0 spiro atoms. The van der Waals surface area contributed by atoms with Crippen molar-refractivity contribution in [2.75, 3.05) is 0 Å². The Bertz CT molecular complexity index is 518. The van der Waals surface area contributed by atoms with E-state index in [0.29, 0.717) is 18.4 Å². The summed E-state index contributed by atoms with van der Waals surface area (Å²) in [6.07, 6.45) is 4.16. The first-order chi connectivity index (χ1) is 10.1. The highest BCUT2D eigenvalue weighted by molar-refractivity contribution is 5.80. The van der Waals surface area contributed by atoms with Crippen LogP contribution >= 0.6 is 0 Å². The number of nitrogens with one attached hydrogen (secondary N) is 1. The molecule has 0 radical (unpaired) electrons. The maximum Gasteiger partial charge on any atom is 0.308 e. The first-order valence-electron chi connectivity index (χ1n) is 7.33. The third-order valence-corrected chi connectivity index (χ3v) is 3.93. The van der Waals surface area contributed by atoms with Crippen LogP contribution in [-0.4, -0.2) is 23.0 Å². The lowest BCUT2D eigenvalue weighted by Crippen LogP contribution is -2.43. The summed E-state index contributed by atoms with van der Waals surface area (Å²) in [6, 6.07) is 5.56. The molecule has 2 N–H and O–H groups in total. The minimum absolute atomic E-state index is 0.0700. The van der Waals surface area contributed by atoms with Crippen molar-refractivity contribution < 1.29 is 19.1 Å². The van der Waals surface area contributed by atoms with Gasteiger partial charge < -0.3 is 10.4 Å². The number of carbonyl (C=O) groups is 2. The second-order valence-electron chi connectivity index (χ2n) is 5.56. The van der Waals surface area contributed by atoms with Crippen molar-refractivity contribution in [2.24, 2.45) is 5.92 Å². The normalized spacial score (nSPS) is 22.3. The number of halogens is 1. The highest BCUT2D eigenvalue weighted by atomic mass is 19.1. The van der Waals surface area contributed by atoms with Crippen molar-refractivity contribution in [1.82, 2.24) is 5.32 Å². The molecule has 0 aromatic heterocycles. The Morgan fingerprint density at radius 2 is 2.00 bits per heavy atom. The molecule has 1 aliphatic carbocycles. The molecular formula is C16H20FNO3. The van der Waals surface area contributed by atoms with Gasteiger partial charge in [0.15, 0.2) is 0 Å². The van der Waals surface area contributed by atoms with E-state index >= 15 is 0 Å². The van der Waals surface area contributed by atoms with Gasteiger partial charge in [-0.1, -0.05) is 31.4 Å². The van der Waals surface area contributed by atoms with E-state index in [9.17, 15) is 19.1 Å². The van der Waals surface area contributed by atoms with Crippen LogP contribution in [0.4, 0.5) is 4.39 Å². The van der Waals surface area contributed by atoms with Gasteiger partial charge in [0.1, 0.15) is 5.82 Å². The summed E-state index contributed by atoms with van der Waals surface area (Å²) in [5.74, 6) is -2.01. The summed E-state index contributed by atoms with van der Waals surface area (Å²) < 4.78 is 13.1. The summed E-state index contributed by atoms with van der Waals surface area (Å²) in [5.41, 5.74) is 0.591. The highest BCUT2D eigenvalue weighted by Crippen LogP contribution is 2.24. The monoisotopic (exact) mass is 293 g/mol. The first-order valence-corrected chi connectivity index (χ1v) is 7.33. The fourth-order valence-electron chi connectivity index (χ4n) is 2.87. The van der Waals surface area contributed by atoms with Crippen molar-refractivity contribution in [1.29, 1.82) is 0 Å². The van der Waals surface area contributed by atoms with Gasteiger partial charge in [0.05, 0.1) is 12.3 Å². The average molecular weight is 293 g/mol. The lowest BCUT2D eigenvalue weighted by Gasteiger charge is -2.22. The van der Waals surface area contributed by atoms with E-state index in [-0.39, 0.29) is 24.2 Å². The fraction of sp³-hybridized carbons (Fsp3) is 0.500. The standard InChI is InChI=1S/C16H20FNO3/c17-12-6-4-5-11(9-12)10-15(19)18-14-8-3-1-2-7-13(14)16(20)21/h4-6,9,13-14H,1-3,7-8,10H2,(H,18,19)(H,20,21). The van der Waals surface area contributed by atoms with Crippen LogP contribution in [-0.2, 0) is 16.0 Å². The number of benzene rings is 1. The zero-order chi connectivity index (χ0) is 15.2. The molecule has 114 valence electrons. The third kappa shape index (κ3) is 4.55. The Labute approximate surface area is 123 Å². The minimum Gasteiger partial charge on any atom is -0.481 e. The zero-order valence-electron chi connectivity index (χ0n) is 11.8. The number of hydrogen-bond donors (Lipinski definition) is 2. The van der Waals surface area contributed by atoms with Crippen molar-refractivity contribution >= 4 is 11.9 Å². The molecule has 1 aromatic rings. The Hall–Kier alpha value is -1.91. The van der Waals surface area contributed by atoms with Crippen LogP contribution in [0.25, 0.3) is 0 Å². The molecular weight excluding hydrogens is 273 g/mol. The molecule has 1 fully saturated rings. The van der Waals surface area contributed by atoms with Crippen molar-refractivity contribution in [3.05, 3.63) is 35.6 Å². The molecule has 0 heterocycles. The van der Waals surface area contributed by atoms with Gasteiger partial charge in [0.25, 0.3) is 0 Å². The number of aliphatic carboxylic acids is 1. The Kier molecular flexibility index (Phi) is 5.31. The van der Waals surface area contributed by atoms with Crippen LogP contribution in [0, 0.1) is 11.7 Å². The molecule has 2 rings (SSSR count). The molecule has 1 amide bonds. The van der Waals surface area contributed by atoms with E-state index in [4.69, 9.17) is 0 Å². The predicted octanol–water partition coefficient (Wildman–Crippen LogP) is 2.52. The molecule has 4 nitrogen and oxygen atoms in total. The first kappa shape index (κ1) is 15.5. The smallest absolute Gasteiger partial charge is 0.308 e. The number of carboxylic acids is 1. The number of carboxylic acid groups (broad SMARTS) is 1. The Morgan fingerprint density at radius 3 is 2.71 bits per heavy atom. The summed E-state index contributed by atoms with van der Waals surface area (Å²) >= 11 is 0. The third-order valence-electron chi connectivity index (χ3n) is 3.93. The zero-order valence-corrected chi connectivity index (χ0v) is 11.8. The van der Waals surface area contributed by atoms with Crippen LogP contribution in [0.15, 0.2) is 24.3 Å². The minimum atomic E-state index is -0.854. The summed E-state index contributed by atoms with van der Waals surface area (Å²) in [4.78, 5) is 23.3. The number of rotatable bonds is 4. The van der Waals surface area contributed by atoms with E-state index in [1.54, 1.807) is 12.1 Å². The maximum atomic E-state index is 13.1. The summed E-state index contributed by atoms with van der Waals surface area (Å²) in [6.45, 7) is 0. The second-order valence-corrected chi connectivity index (χ2v) is 5.56. The number of hydrogen-bond acceptors (Lipinski definition) is 2. The SMILES string of the molecule is O=C(Cc1cccc(F)c1)NC1CCCCCC1C(=O)O. The van der Waals surface area contributed by atoms with E-state index in [1.807, 2.05) is 0 Å². The van der Waals surface area contributed by atoms with Crippen molar-refractivity contribution in [3.8, 4) is 0 Å². The van der Waals surface area contributed by atoms with Crippen LogP contribution in [0.2, 0.25) is 0 Å². The largest absolute Gasteiger partial charge is 0.481 e. The Balaban J connectivity index is 1.97. The molecule has 21 heavy (non-hydrogen) atoms. The van der Waals surface area contributed by atoms with Gasteiger partial charge in [-0.25, -0.2) is 4.39 Å². The molecule has 0 aliphatic heterocycles. The lowest BCUT2D eigenvalue weighted by atomic mass is 9.94. The Morgan fingerprint density at radius 1 is 1.24 bits per heavy atom. The van der Waals surface area contributed by atoms with E-state index < -0.39 is 11.9 Å². The van der Waals surface area contributed by atoms with E-state index in [1.165, 1.54) is 12.1 Å². The molecule has 1 aromatic carbocycles. The maximum absolute atomic E-state index is 13.1. The fourth-order valence-corrected chi connectivity index (χ4v) is 2.87. The average Bonchev–Trinajstić information content (AvgIpc) is 2.64.